The van der Waals surface area contributed by atoms with Crippen molar-refractivity contribution in [1.29, 1.82) is 0 Å². The zero-order valence-electron chi connectivity index (χ0n) is 8.69. The van der Waals surface area contributed by atoms with Gasteiger partial charge >= 0.3 is 11.8 Å². The van der Waals surface area contributed by atoms with Gasteiger partial charge in [0.05, 0.1) is 4.92 Å². The number of hydrogen-bond donors (Lipinski definition) is 2. The molecule has 0 spiro atoms. The van der Waals surface area contributed by atoms with E-state index in [9.17, 15) is 28.1 Å². The first kappa shape index (κ1) is 13.6. The van der Waals surface area contributed by atoms with Crippen LogP contribution in [0.2, 0.25) is 0 Å². The molecule has 2 amide bonds. The van der Waals surface area contributed by atoms with Crippen LogP contribution in [0.1, 0.15) is 0 Å². The summed E-state index contributed by atoms with van der Waals surface area (Å²) >= 11 is 0. The third kappa shape index (κ3) is 2.79. The van der Waals surface area contributed by atoms with E-state index >= 15 is 0 Å². The van der Waals surface area contributed by atoms with E-state index in [2.05, 4.69) is 5.73 Å². The Balaban J connectivity index is 3.25. The van der Waals surface area contributed by atoms with Crippen molar-refractivity contribution in [3.8, 4) is 0 Å². The van der Waals surface area contributed by atoms with Crippen molar-refractivity contribution >= 4 is 27.5 Å². The number of nitrogens with zero attached hydrogens (tertiary/aromatic N) is 1. The lowest BCUT2D eigenvalue weighted by atomic mass is 10.3. The molecule has 0 saturated carbocycles. The molecule has 0 aliphatic rings. The van der Waals surface area contributed by atoms with Crippen LogP contribution in [0.5, 0.6) is 0 Å². The lowest BCUT2D eigenvalue weighted by Gasteiger charge is -2.05. The van der Waals surface area contributed by atoms with Gasteiger partial charge in [-0.05, 0) is 6.07 Å². The van der Waals surface area contributed by atoms with Gasteiger partial charge in [-0.2, -0.15) is 0 Å². The van der Waals surface area contributed by atoms with E-state index in [1.807, 2.05) is 0 Å². The maximum Gasteiger partial charge on any atom is 0.322 e. The molecule has 10 heteroatoms. The Hall–Kier alpha value is -2.49. The van der Waals surface area contributed by atoms with Gasteiger partial charge in [-0.3, -0.25) is 19.7 Å². The maximum absolute atomic E-state index is 11.6. The molecular weight excluding hydrogens is 266 g/mol. The number of para-hydroxylation sites is 1. The molecule has 0 bridgehead atoms. The summed E-state index contributed by atoms with van der Waals surface area (Å²) in [5, 5.41) is 10.6. The van der Waals surface area contributed by atoms with Gasteiger partial charge < -0.3 is 5.73 Å². The Labute approximate surface area is 101 Å². The molecule has 0 heterocycles. The summed E-state index contributed by atoms with van der Waals surface area (Å²) in [7, 11) is -4.52. The van der Waals surface area contributed by atoms with Crippen LogP contribution in [0.25, 0.3) is 0 Å². The molecule has 96 valence electrons. The molecule has 18 heavy (non-hydrogen) atoms. The second-order valence-electron chi connectivity index (χ2n) is 3.02. The summed E-state index contributed by atoms with van der Waals surface area (Å²) in [6, 6.07) is 4.36. The fourth-order valence-corrected chi connectivity index (χ4v) is 2.19. The minimum Gasteiger partial charge on any atom is -0.361 e. The van der Waals surface area contributed by atoms with Gasteiger partial charge in [-0.1, -0.05) is 12.1 Å². The highest BCUT2D eigenvalue weighted by Gasteiger charge is 2.28. The zero-order chi connectivity index (χ0) is 13.9. The first-order valence-electron chi connectivity index (χ1n) is 4.35. The minimum atomic E-state index is -4.52. The van der Waals surface area contributed by atoms with Crippen LogP contribution >= 0.6 is 0 Å². The molecule has 0 aromatic heterocycles. The van der Waals surface area contributed by atoms with Crippen LogP contribution in [0, 0.1) is 10.1 Å². The molecular formula is C8H7N3O6S. The van der Waals surface area contributed by atoms with Crippen molar-refractivity contribution in [2.24, 2.45) is 5.73 Å². The molecule has 0 aliphatic carbocycles. The van der Waals surface area contributed by atoms with Crippen molar-refractivity contribution in [3.05, 3.63) is 34.4 Å². The Kier molecular flexibility index (Phi) is 3.61. The van der Waals surface area contributed by atoms with Crippen molar-refractivity contribution in [3.63, 3.8) is 0 Å². The third-order valence-electron chi connectivity index (χ3n) is 1.80. The van der Waals surface area contributed by atoms with Crippen LogP contribution in [-0.4, -0.2) is 25.2 Å². The van der Waals surface area contributed by atoms with Gasteiger partial charge in [0.2, 0.25) is 0 Å². The predicted molar refractivity (Wildman–Crippen MR) is 57.6 cm³/mol. The van der Waals surface area contributed by atoms with E-state index in [0.717, 1.165) is 12.1 Å². The van der Waals surface area contributed by atoms with Crippen molar-refractivity contribution in [1.82, 2.24) is 4.72 Å². The molecule has 1 rings (SSSR count). The zero-order valence-corrected chi connectivity index (χ0v) is 9.51. The molecule has 0 aliphatic heterocycles. The predicted octanol–water partition coefficient (Wildman–Crippen LogP) is -1.11. The number of nitro benzene ring substituents is 1. The molecule has 0 fully saturated rings. The number of primary amides is 1. The smallest absolute Gasteiger partial charge is 0.322 e. The van der Waals surface area contributed by atoms with E-state index in [0.29, 0.717) is 0 Å². The van der Waals surface area contributed by atoms with Gasteiger partial charge in [0.1, 0.15) is 0 Å². The first-order valence-corrected chi connectivity index (χ1v) is 5.84. The number of hydrogen-bond acceptors (Lipinski definition) is 6. The quantitative estimate of drug-likeness (QED) is 0.404. The van der Waals surface area contributed by atoms with E-state index < -0.39 is 37.3 Å². The SMILES string of the molecule is NC(=O)C(=O)NS(=O)(=O)c1ccccc1[N+](=O)[O-]. The lowest BCUT2D eigenvalue weighted by Crippen LogP contribution is -2.39. The van der Waals surface area contributed by atoms with E-state index in [1.165, 1.54) is 16.9 Å². The van der Waals surface area contributed by atoms with Gasteiger partial charge in [-0.15, -0.1) is 0 Å². The van der Waals surface area contributed by atoms with Gasteiger partial charge in [0, 0.05) is 6.07 Å². The van der Waals surface area contributed by atoms with Crippen molar-refractivity contribution < 1.29 is 22.9 Å². The maximum atomic E-state index is 11.6. The van der Waals surface area contributed by atoms with Crippen molar-refractivity contribution in [2.45, 2.75) is 4.90 Å². The van der Waals surface area contributed by atoms with E-state index in [-0.39, 0.29) is 0 Å². The molecule has 0 atom stereocenters. The summed E-state index contributed by atoms with van der Waals surface area (Å²) in [4.78, 5) is 30.3. The number of benzene rings is 1. The lowest BCUT2D eigenvalue weighted by molar-refractivity contribution is -0.387. The van der Waals surface area contributed by atoms with Crippen LogP contribution in [-0.2, 0) is 19.6 Å². The van der Waals surface area contributed by atoms with Crippen LogP contribution < -0.4 is 10.5 Å². The average molecular weight is 273 g/mol. The van der Waals surface area contributed by atoms with E-state index in [4.69, 9.17) is 0 Å². The molecule has 0 radical (unpaired) electrons. The van der Waals surface area contributed by atoms with Crippen molar-refractivity contribution in [2.75, 3.05) is 0 Å². The summed E-state index contributed by atoms with van der Waals surface area (Å²) < 4.78 is 24.6. The summed E-state index contributed by atoms with van der Waals surface area (Å²) in [6.07, 6.45) is 0. The highest BCUT2D eigenvalue weighted by molar-refractivity contribution is 7.90. The molecule has 3 N–H and O–H groups in total. The number of rotatable bonds is 3. The largest absolute Gasteiger partial charge is 0.361 e. The summed E-state index contributed by atoms with van der Waals surface area (Å²) in [5.74, 6) is -3.09. The molecule has 1 aromatic rings. The monoisotopic (exact) mass is 273 g/mol. The number of amides is 2. The normalized spacial score (nSPS) is 10.7. The average Bonchev–Trinajstić information content (AvgIpc) is 2.28. The number of carbonyl (C=O) groups excluding carboxylic acids is 2. The minimum absolute atomic E-state index is 0.720. The number of nitrogens with two attached hydrogens (primary N) is 1. The molecule has 0 saturated heterocycles. The summed E-state index contributed by atoms with van der Waals surface area (Å²) in [6.45, 7) is 0. The number of carbonyl (C=O) groups is 2. The fraction of sp³-hybridized carbons (Fsp3) is 0. The molecule has 0 unspecified atom stereocenters. The number of nitro groups is 1. The highest BCUT2D eigenvalue weighted by Crippen LogP contribution is 2.22. The second-order valence-corrected chi connectivity index (χ2v) is 4.67. The summed E-state index contributed by atoms with van der Waals surface area (Å²) in [5.41, 5.74) is 3.85. The molecule has 9 nitrogen and oxygen atoms in total. The first-order chi connectivity index (χ1) is 8.25. The van der Waals surface area contributed by atoms with Gasteiger partial charge in [-0.25, -0.2) is 13.1 Å². The Morgan fingerprint density at radius 2 is 1.83 bits per heavy atom. The van der Waals surface area contributed by atoms with Gasteiger partial charge in [0.25, 0.3) is 15.7 Å². The van der Waals surface area contributed by atoms with Crippen LogP contribution in [0.3, 0.4) is 0 Å². The Morgan fingerprint density at radius 1 is 1.28 bits per heavy atom. The highest BCUT2D eigenvalue weighted by atomic mass is 32.2. The molecule has 1 aromatic carbocycles. The Bertz CT molecular complexity index is 623. The third-order valence-corrected chi connectivity index (χ3v) is 3.18. The standard InChI is InChI=1S/C8H7N3O6S/c9-7(12)8(13)10-18(16,17)6-4-2-1-3-5(6)11(14)15/h1-4H,(H2,9,12)(H,10,13). The van der Waals surface area contributed by atoms with Crippen LogP contribution in [0.15, 0.2) is 29.2 Å². The fourth-order valence-electron chi connectivity index (χ4n) is 1.06. The van der Waals surface area contributed by atoms with Crippen LogP contribution in [0.4, 0.5) is 5.69 Å². The second kappa shape index (κ2) is 4.79. The number of nitrogens with one attached hydrogen (secondary N) is 1. The van der Waals surface area contributed by atoms with E-state index in [1.54, 1.807) is 0 Å². The topological polar surface area (TPSA) is 149 Å². The van der Waals surface area contributed by atoms with Gasteiger partial charge in [0.15, 0.2) is 4.90 Å². The number of sulfonamides is 1. The Morgan fingerprint density at radius 3 is 2.33 bits per heavy atom.